The highest BCUT2D eigenvalue weighted by atomic mass is 79.9. The van der Waals surface area contributed by atoms with Gasteiger partial charge in [-0.15, -0.1) is 0 Å². The highest BCUT2D eigenvalue weighted by Crippen LogP contribution is 2.31. The molecule has 3 aromatic rings. The standard InChI is InChI=1S/C19H18BrN3O3S2/c20-15-5-4-6-16-17(15)21-19(27-16)22-18(24)13-7-9-14(10-8-13)28(25,26)23-11-2-1-3-12-23/h4-10H,1-3,11-12H2,(H,21,22,24). The van der Waals surface area contributed by atoms with Crippen molar-refractivity contribution in [3.05, 3.63) is 52.5 Å². The largest absolute Gasteiger partial charge is 0.298 e. The van der Waals surface area contributed by atoms with Gasteiger partial charge in [0.1, 0.15) is 0 Å². The normalized spacial score (nSPS) is 15.6. The van der Waals surface area contributed by atoms with Gasteiger partial charge in [-0.2, -0.15) is 4.31 Å². The summed E-state index contributed by atoms with van der Waals surface area (Å²) in [4.78, 5) is 17.2. The molecule has 0 saturated carbocycles. The molecule has 1 aliphatic rings. The third kappa shape index (κ3) is 3.84. The van der Waals surface area contributed by atoms with Crippen LogP contribution in [-0.4, -0.2) is 36.7 Å². The SMILES string of the molecule is O=C(Nc1nc2c(Br)cccc2s1)c1ccc(S(=O)(=O)N2CCCCC2)cc1. The number of carbonyl (C=O) groups is 1. The molecule has 0 radical (unpaired) electrons. The van der Waals surface area contributed by atoms with E-state index >= 15 is 0 Å². The summed E-state index contributed by atoms with van der Waals surface area (Å²) in [5.41, 5.74) is 1.18. The van der Waals surface area contributed by atoms with Crippen molar-refractivity contribution in [3.8, 4) is 0 Å². The Morgan fingerprint density at radius 1 is 1.07 bits per heavy atom. The van der Waals surface area contributed by atoms with Gasteiger partial charge in [0.15, 0.2) is 5.13 Å². The molecule has 0 aliphatic carbocycles. The summed E-state index contributed by atoms with van der Waals surface area (Å²) in [7, 11) is -3.50. The average molecular weight is 480 g/mol. The van der Waals surface area contributed by atoms with Crippen molar-refractivity contribution in [2.24, 2.45) is 0 Å². The molecule has 6 nitrogen and oxygen atoms in total. The highest BCUT2D eigenvalue weighted by Gasteiger charge is 2.26. The molecule has 0 unspecified atom stereocenters. The van der Waals surface area contributed by atoms with E-state index in [9.17, 15) is 13.2 Å². The summed E-state index contributed by atoms with van der Waals surface area (Å²) in [6, 6.07) is 11.8. The first kappa shape index (κ1) is 19.5. The van der Waals surface area contributed by atoms with Gasteiger partial charge in [-0.05, 0) is 65.2 Å². The molecule has 1 amide bonds. The molecule has 9 heteroatoms. The summed E-state index contributed by atoms with van der Waals surface area (Å²) < 4.78 is 28.8. The lowest BCUT2D eigenvalue weighted by molar-refractivity contribution is 0.102. The van der Waals surface area contributed by atoms with Crippen molar-refractivity contribution < 1.29 is 13.2 Å². The minimum absolute atomic E-state index is 0.217. The van der Waals surface area contributed by atoms with Gasteiger partial charge in [0.2, 0.25) is 10.0 Å². The minimum Gasteiger partial charge on any atom is -0.298 e. The Hall–Kier alpha value is -1.81. The average Bonchev–Trinajstić information content (AvgIpc) is 3.12. The molecular formula is C19H18BrN3O3S2. The van der Waals surface area contributed by atoms with Crippen LogP contribution in [0.4, 0.5) is 5.13 Å². The van der Waals surface area contributed by atoms with Crippen LogP contribution in [0.2, 0.25) is 0 Å². The number of para-hydroxylation sites is 1. The second-order valence-corrected chi connectivity index (χ2v) is 10.4. The van der Waals surface area contributed by atoms with Crippen molar-refractivity contribution >= 4 is 58.5 Å². The van der Waals surface area contributed by atoms with Gasteiger partial charge in [-0.1, -0.05) is 23.8 Å². The van der Waals surface area contributed by atoms with Crippen molar-refractivity contribution in [1.82, 2.24) is 9.29 Å². The maximum absolute atomic E-state index is 12.7. The van der Waals surface area contributed by atoms with Crippen molar-refractivity contribution in [3.63, 3.8) is 0 Å². The number of nitrogens with zero attached hydrogens (tertiary/aromatic N) is 2. The smallest absolute Gasteiger partial charge is 0.257 e. The van der Waals surface area contributed by atoms with Gasteiger partial charge in [-0.3, -0.25) is 10.1 Å². The molecule has 4 rings (SSSR count). The number of rotatable bonds is 4. The zero-order valence-corrected chi connectivity index (χ0v) is 18.1. The number of nitrogens with one attached hydrogen (secondary N) is 1. The predicted molar refractivity (Wildman–Crippen MR) is 114 cm³/mol. The number of piperidine rings is 1. The Morgan fingerprint density at radius 2 is 1.79 bits per heavy atom. The number of benzene rings is 2. The van der Waals surface area contributed by atoms with Crippen LogP contribution in [0.3, 0.4) is 0 Å². The number of aromatic nitrogens is 1. The van der Waals surface area contributed by atoms with E-state index < -0.39 is 10.0 Å². The van der Waals surface area contributed by atoms with E-state index in [4.69, 9.17) is 0 Å². The summed E-state index contributed by atoms with van der Waals surface area (Å²) in [5.74, 6) is -0.322. The Labute approximate surface area is 175 Å². The van der Waals surface area contributed by atoms with E-state index in [0.29, 0.717) is 23.8 Å². The summed E-state index contributed by atoms with van der Waals surface area (Å²) in [5, 5.41) is 3.28. The van der Waals surface area contributed by atoms with Gasteiger partial charge >= 0.3 is 0 Å². The van der Waals surface area contributed by atoms with Crippen molar-refractivity contribution in [1.29, 1.82) is 0 Å². The number of thiazole rings is 1. The van der Waals surface area contributed by atoms with E-state index in [2.05, 4.69) is 26.2 Å². The topological polar surface area (TPSA) is 79.4 Å². The fourth-order valence-electron chi connectivity index (χ4n) is 3.17. The Morgan fingerprint density at radius 3 is 2.46 bits per heavy atom. The minimum atomic E-state index is -3.50. The zero-order chi connectivity index (χ0) is 19.7. The van der Waals surface area contributed by atoms with Gasteiger partial charge < -0.3 is 0 Å². The van der Waals surface area contributed by atoms with Gasteiger partial charge in [0, 0.05) is 23.1 Å². The third-order valence-corrected chi connectivity index (χ3v) is 8.15. The van der Waals surface area contributed by atoms with E-state index in [-0.39, 0.29) is 10.8 Å². The number of hydrogen-bond acceptors (Lipinski definition) is 5. The van der Waals surface area contributed by atoms with Crippen LogP contribution in [0.25, 0.3) is 10.2 Å². The Bertz CT molecular complexity index is 1120. The van der Waals surface area contributed by atoms with E-state index in [1.165, 1.54) is 39.9 Å². The molecule has 0 bridgehead atoms. The molecule has 0 atom stereocenters. The molecule has 1 saturated heterocycles. The lowest BCUT2D eigenvalue weighted by atomic mass is 10.2. The van der Waals surface area contributed by atoms with E-state index in [0.717, 1.165) is 34.0 Å². The first-order chi connectivity index (χ1) is 13.4. The van der Waals surface area contributed by atoms with Gasteiger partial charge in [0.25, 0.3) is 5.91 Å². The zero-order valence-electron chi connectivity index (χ0n) is 14.9. The fourth-order valence-corrected chi connectivity index (χ4v) is 6.16. The maximum atomic E-state index is 12.7. The molecule has 146 valence electrons. The highest BCUT2D eigenvalue weighted by molar-refractivity contribution is 9.10. The van der Waals surface area contributed by atoms with Crippen LogP contribution in [0.5, 0.6) is 0 Å². The Kier molecular flexibility index (Phi) is 5.50. The van der Waals surface area contributed by atoms with E-state index in [1.54, 1.807) is 0 Å². The van der Waals surface area contributed by atoms with Crippen molar-refractivity contribution in [2.45, 2.75) is 24.2 Å². The third-order valence-electron chi connectivity index (χ3n) is 4.66. The van der Waals surface area contributed by atoms with Crippen LogP contribution >= 0.6 is 27.3 Å². The number of hydrogen-bond donors (Lipinski definition) is 1. The second-order valence-electron chi connectivity index (χ2n) is 6.55. The van der Waals surface area contributed by atoms with E-state index in [1.807, 2.05) is 18.2 Å². The second kappa shape index (κ2) is 7.90. The molecule has 1 aliphatic heterocycles. The monoisotopic (exact) mass is 479 g/mol. The molecule has 0 spiro atoms. The quantitative estimate of drug-likeness (QED) is 0.597. The summed E-state index contributed by atoms with van der Waals surface area (Å²) >= 11 is 4.84. The number of sulfonamides is 1. The fraction of sp³-hybridized carbons (Fsp3) is 0.263. The molecule has 1 N–H and O–H groups in total. The molecule has 2 aromatic carbocycles. The van der Waals surface area contributed by atoms with Crippen LogP contribution in [-0.2, 0) is 10.0 Å². The van der Waals surface area contributed by atoms with Crippen molar-refractivity contribution in [2.75, 3.05) is 18.4 Å². The molecule has 1 fully saturated rings. The van der Waals surface area contributed by atoms with Crippen LogP contribution < -0.4 is 5.32 Å². The van der Waals surface area contributed by atoms with Crippen LogP contribution in [0, 0.1) is 0 Å². The van der Waals surface area contributed by atoms with Crippen LogP contribution in [0.15, 0.2) is 51.8 Å². The molecular weight excluding hydrogens is 462 g/mol. The lowest BCUT2D eigenvalue weighted by Crippen LogP contribution is -2.35. The van der Waals surface area contributed by atoms with Gasteiger partial charge in [0.05, 0.1) is 15.1 Å². The number of fused-ring (bicyclic) bond motifs is 1. The number of carbonyl (C=O) groups excluding carboxylic acids is 1. The lowest BCUT2D eigenvalue weighted by Gasteiger charge is -2.25. The first-order valence-electron chi connectivity index (χ1n) is 8.92. The van der Waals surface area contributed by atoms with Gasteiger partial charge in [-0.25, -0.2) is 13.4 Å². The number of halogens is 1. The first-order valence-corrected chi connectivity index (χ1v) is 12.0. The maximum Gasteiger partial charge on any atom is 0.257 e. The molecule has 2 heterocycles. The Balaban J connectivity index is 1.51. The number of amides is 1. The number of anilines is 1. The van der Waals surface area contributed by atoms with Crippen LogP contribution in [0.1, 0.15) is 29.6 Å². The summed E-state index contributed by atoms with van der Waals surface area (Å²) in [6.07, 6.45) is 2.84. The predicted octanol–water partition coefficient (Wildman–Crippen LogP) is 4.49. The molecule has 28 heavy (non-hydrogen) atoms. The summed E-state index contributed by atoms with van der Waals surface area (Å²) in [6.45, 7) is 1.11. The molecule has 1 aromatic heterocycles.